The summed E-state index contributed by atoms with van der Waals surface area (Å²) in [6, 6.07) is 7.59. The Kier molecular flexibility index (Phi) is 5.30. The maximum atomic E-state index is 13.1. The van der Waals surface area contributed by atoms with Gasteiger partial charge in [-0.3, -0.25) is 14.5 Å². The summed E-state index contributed by atoms with van der Waals surface area (Å²) >= 11 is 24.6. The van der Waals surface area contributed by atoms with E-state index >= 15 is 0 Å². The topological polar surface area (TPSA) is 56.4 Å². The number of imide groups is 1. The van der Waals surface area contributed by atoms with Crippen molar-refractivity contribution < 1.29 is 9.59 Å². The first kappa shape index (κ1) is 20.5. The van der Waals surface area contributed by atoms with Gasteiger partial charge in [0.25, 0.3) is 11.8 Å². The summed E-state index contributed by atoms with van der Waals surface area (Å²) in [5.41, 5.74) is 1.93. The van der Waals surface area contributed by atoms with E-state index in [1.54, 1.807) is 0 Å². The van der Waals surface area contributed by atoms with E-state index in [2.05, 4.69) is 4.98 Å². The monoisotopic (exact) mass is 469 g/mol. The Balaban J connectivity index is 1.77. The highest BCUT2D eigenvalue weighted by atomic mass is 35.5. The van der Waals surface area contributed by atoms with Gasteiger partial charge in [0, 0.05) is 23.6 Å². The Bertz CT molecular complexity index is 1130. The van der Waals surface area contributed by atoms with Gasteiger partial charge in [-0.1, -0.05) is 64.6 Å². The molecule has 1 aliphatic heterocycles. The van der Waals surface area contributed by atoms with E-state index in [0.29, 0.717) is 0 Å². The quantitative estimate of drug-likeness (QED) is 0.303. The number of carbonyl (C=O) groups excluding carboxylic acids is 2. The van der Waals surface area contributed by atoms with Crippen LogP contribution in [0.1, 0.15) is 32.3 Å². The molecule has 150 valence electrons. The Hall–Kier alpha value is -1.76. The number of amides is 2. The number of halogens is 4. The minimum atomic E-state index is -0.540. The average Bonchev–Trinajstić information content (AvgIpc) is 3.22. The number of H-pyrrole nitrogens is 1. The number of hydrogen-bond acceptors (Lipinski definition) is 3. The van der Waals surface area contributed by atoms with Crippen LogP contribution in [0.25, 0.3) is 10.9 Å². The highest BCUT2D eigenvalue weighted by Crippen LogP contribution is 2.45. The van der Waals surface area contributed by atoms with Gasteiger partial charge in [-0.25, -0.2) is 0 Å². The van der Waals surface area contributed by atoms with Gasteiger partial charge in [0.2, 0.25) is 0 Å². The molecule has 0 radical (unpaired) electrons. The number of aromatic nitrogens is 1. The second kappa shape index (κ2) is 7.49. The minimum absolute atomic E-state index is 0.00694. The summed E-state index contributed by atoms with van der Waals surface area (Å²) < 4.78 is 0. The van der Waals surface area contributed by atoms with Crippen LogP contribution < -0.4 is 0 Å². The molecule has 1 aliphatic rings. The second-order valence-corrected chi connectivity index (χ2v) is 8.51. The van der Waals surface area contributed by atoms with Crippen molar-refractivity contribution in [1.82, 2.24) is 14.8 Å². The van der Waals surface area contributed by atoms with Crippen molar-refractivity contribution >= 4 is 69.1 Å². The SMILES string of the molecule is CN(C)C(CN1C(=O)c2c(Cl)c(Cl)c(Cl)c(Cl)c2C1=O)c1c[nH]c2ccccc12. The summed E-state index contributed by atoms with van der Waals surface area (Å²) in [5.74, 6) is -1.08. The zero-order chi connectivity index (χ0) is 21.0. The molecule has 3 aromatic rings. The molecular formula is C20H15Cl4N3O2. The molecule has 2 heterocycles. The molecule has 0 aliphatic carbocycles. The predicted octanol–water partition coefficient (Wildman–Crippen LogP) is 5.68. The molecule has 0 bridgehead atoms. The van der Waals surface area contributed by atoms with Crippen molar-refractivity contribution in [3.05, 3.63) is 67.2 Å². The van der Waals surface area contributed by atoms with Crippen LogP contribution in [-0.2, 0) is 0 Å². The van der Waals surface area contributed by atoms with Gasteiger partial charge in [-0.15, -0.1) is 0 Å². The third-order valence-electron chi connectivity index (χ3n) is 5.14. The van der Waals surface area contributed by atoms with Gasteiger partial charge >= 0.3 is 0 Å². The molecule has 0 saturated heterocycles. The highest BCUT2D eigenvalue weighted by Gasteiger charge is 2.42. The molecule has 0 fully saturated rings. The number of likely N-dealkylation sites (N-methyl/N-ethyl adjacent to an activating group) is 1. The molecule has 1 unspecified atom stereocenters. The number of para-hydroxylation sites is 1. The number of carbonyl (C=O) groups is 2. The maximum Gasteiger partial charge on any atom is 0.263 e. The largest absolute Gasteiger partial charge is 0.361 e. The summed E-state index contributed by atoms with van der Waals surface area (Å²) in [6.45, 7) is 0.114. The van der Waals surface area contributed by atoms with Crippen molar-refractivity contribution in [3.63, 3.8) is 0 Å². The lowest BCUT2D eigenvalue weighted by Crippen LogP contribution is -2.38. The van der Waals surface area contributed by atoms with E-state index in [4.69, 9.17) is 46.4 Å². The van der Waals surface area contributed by atoms with Crippen molar-refractivity contribution in [2.75, 3.05) is 20.6 Å². The first-order chi connectivity index (χ1) is 13.7. The van der Waals surface area contributed by atoms with Gasteiger partial charge in [-0.05, 0) is 25.7 Å². The first-order valence-corrected chi connectivity index (χ1v) is 10.2. The molecule has 4 rings (SSSR count). The number of rotatable bonds is 4. The molecule has 29 heavy (non-hydrogen) atoms. The number of aromatic amines is 1. The Morgan fingerprint density at radius 2 is 1.48 bits per heavy atom. The lowest BCUT2D eigenvalue weighted by molar-refractivity contribution is 0.0612. The average molecular weight is 471 g/mol. The van der Waals surface area contributed by atoms with Gasteiger partial charge in [0.1, 0.15) is 0 Å². The molecule has 1 atom stereocenters. The van der Waals surface area contributed by atoms with Crippen molar-refractivity contribution in [2.45, 2.75) is 6.04 Å². The molecule has 1 aromatic heterocycles. The van der Waals surface area contributed by atoms with Crippen molar-refractivity contribution in [3.8, 4) is 0 Å². The van der Waals surface area contributed by atoms with Gasteiger partial charge in [0.15, 0.2) is 0 Å². The predicted molar refractivity (Wildman–Crippen MR) is 117 cm³/mol. The standard InChI is InChI=1S/C20H15Cl4N3O2/c1-26(2)12(10-7-25-11-6-4-3-5-9(10)11)8-27-19(28)13-14(20(27)29)16(22)18(24)17(23)15(13)21/h3-7,12,25H,8H2,1-2H3. The number of hydrogen-bond donors (Lipinski definition) is 1. The summed E-state index contributed by atoms with van der Waals surface area (Å²) in [4.78, 5) is 32.5. The van der Waals surface area contributed by atoms with E-state index in [9.17, 15) is 9.59 Å². The van der Waals surface area contributed by atoms with Crippen molar-refractivity contribution in [1.29, 1.82) is 0 Å². The van der Waals surface area contributed by atoms with Crippen LogP contribution in [0.5, 0.6) is 0 Å². The summed E-state index contributed by atoms with van der Waals surface area (Å²) in [6.07, 6.45) is 1.89. The maximum absolute atomic E-state index is 13.1. The molecule has 0 saturated carbocycles. The van der Waals surface area contributed by atoms with E-state index in [1.807, 2.05) is 49.5 Å². The Labute approximate surface area is 187 Å². The number of fused-ring (bicyclic) bond motifs is 2. The number of nitrogens with zero attached hydrogens (tertiary/aromatic N) is 2. The molecular weight excluding hydrogens is 456 g/mol. The van der Waals surface area contributed by atoms with Crippen LogP contribution in [0.3, 0.4) is 0 Å². The van der Waals surface area contributed by atoms with Gasteiger partial charge in [0.05, 0.1) is 37.3 Å². The fourth-order valence-electron chi connectivity index (χ4n) is 3.64. The van der Waals surface area contributed by atoms with Gasteiger partial charge < -0.3 is 9.88 Å². The lowest BCUT2D eigenvalue weighted by atomic mass is 10.0. The van der Waals surface area contributed by atoms with Crippen LogP contribution in [0.2, 0.25) is 20.1 Å². The van der Waals surface area contributed by atoms with Crippen LogP contribution in [0, 0.1) is 0 Å². The molecule has 1 N–H and O–H groups in total. The smallest absolute Gasteiger partial charge is 0.263 e. The van der Waals surface area contributed by atoms with Crippen molar-refractivity contribution in [2.24, 2.45) is 0 Å². The van der Waals surface area contributed by atoms with Gasteiger partial charge in [-0.2, -0.15) is 0 Å². The minimum Gasteiger partial charge on any atom is -0.361 e. The van der Waals surface area contributed by atoms with E-state index in [1.165, 1.54) is 0 Å². The normalized spacial score (nSPS) is 14.9. The third kappa shape index (κ3) is 3.13. The fraction of sp³-hybridized carbons (Fsp3) is 0.200. The van der Waals surface area contributed by atoms with Crippen LogP contribution >= 0.6 is 46.4 Å². The molecule has 2 amide bonds. The zero-order valence-corrected chi connectivity index (χ0v) is 18.4. The first-order valence-electron chi connectivity index (χ1n) is 8.68. The summed E-state index contributed by atoms with van der Waals surface area (Å²) in [5, 5.41) is 0.808. The third-order valence-corrected chi connectivity index (χ3v) is 6.95. The molecule has 5 nitrogen and oxygen atoms in total. The van der Waals surface area contributed by atoms with Crippen LogP contribution in [0.4, 0.5) is 0 Å². The number of benzene rings is 2. The molecule has 2 aromatic carbocycles. The zero-order valence-electron chi connectivity index (χ0n) is 15.4. The van der Waals surface area contributed by atoms with Crippen LogP contribution in [0.15, 0.2) is 30.5 Å². The lowest BCUT2D eigenvalue weighted by Gasteiger charge is -2.28. The van der Waals surface area contributed by atoms with E-state index in [-0.39, 0.29) is 43.8 Å². The molecule has 0 spiro atoms. The fourth-order valence-corrected chi connectivity index (χ4v) is 4.66. The second-order valence-electron chi connectivity index (χ2n) is 7.00. The molecule has 9 heteroatoms. The van der Waals surface area contributed by atoms with Crippen LogP contribution in [-0.4, -0.2) is 47.2 Å². The highest BCUT2D eigenvalue weighted by molar-refractivity contribution is 6.55. The van der Waals surface area contributed by atoms with E-state index < -0.39 is 11.8 Å². The number of nitrogens with one attached hydrogen (secondary N) is 1. The van der Waals surface area contributed by atoms with E-state index in [0.717, 1.165) is 21.4 Å². The Morgan fingerprint density at radius 1 is 0.931 bits per heavy atom. The summed E-state index contributed by atoms with van der Waals surface area (Å²) in [7, 11) is 3.77. The Morgan fingerprint density at radius 3 is 2.03 bits per heavy atom.